The van der Waals surface area contributed by atoms with E-state index in [2.05, 4.69) is 0 Å². The maximum atomic E-state index is 13.2. The van der Waals surface area contributed by atoms with E-state index in [9.17, 15) is 14.7 Å². The number of ether oxygens (including phenoxy) is 2. The van der Waals surface area contributed by atoms with Crippen LogP contribution in [0.15, 0.2) is 59.5 Å². The van der Waals surface area contributed by atoms with Crippen LogP contribution in [0.5, 0.6) is 11.5 Å². The Hall–Kier alpha value is -3.58. The average Bonchev–Trinajstić information content (AvgIpc) is 3.42. The molecule has 1 aliphatic rings. The van der Waals surface area contributed by atoms with E-state index >= 15 is 0 Å². The predicted molar refractivity (Wildman–Crippen MR) is 128 cm³/mol. The first kappa shape index (κ1) is 22.6. The summed E-state index contributed by atoms with van der Waals surface area (Å²) < 4.78 is 10.6. The Balaban J connectivity index is 1.89. The van der Waals surface area contributed by atoms with Gasteiger partial charge in [0, 0.05) is 10.4 Å². The predicted octanol–water partition coefficient (Wildman–Crippen LogP) is 5.00. The van der Waals surface area contributed by atoms with Gasteiger partial charge in [-0.15, -0.1) is 11.3 Å². The Morgan fingerprint density at radius 1 is 1.03 bits per heavy atom. The van der Waals surface area contributed by atoms with Gasteiger partial charge < -0.3 is 19.5 Å². The minimum atomic E-state index is -0.722. The van der Waals surface area contributed by atoms with E-state index in [0.29, 0.717) is 17.1 Å². The van der Waals surface area contributed by atoms with Crippen molar-refractivity contribution >= 4 is 28.8 Å². The first-order valence-corrected chi connectivity index (χ1v) is 11.3. The monoisotopic (exact) mass is 463 g/mol. The van der Waals surface area contributed by atoms with Gasteiger partial charge in [0.25, 0.3) is 11.7 Å². The molecule has 33 heavy (non-hydrogen) atoms. The summed E-state index contributed by atoms with van der Waals surface area (Å²) in [6.07, 6.45) is 0. The second-order valence-electron chi connectivity index (χ2n) is 7.92. The third-order valence-corrected chi connectivity index (χ3v) is 6.74. The van der Waals surface area contributed by atoms with Crippen molar-refractivity contribution in [2.24, 2.45) is 0 Å². The van der Waals surface area contributed by atoms with Crippen LogP contribution in [-0.4, -0.2) is 35.9 Å². The van der Waals surface area contributed by atoms with E-state index in [1.165, 1.54) is 16.2 Å². The van der Waals surface area contributed by atoms with E-state index in [4.69, 9.17) is 9.47 Å². The number of nitrogens with zero attached hydrogens (tertiary/aromatic N) is 1. The van der Waals surface area contributed by atoms with Crippen molar-refractivity contribution in [2.75, 3.05) is 14.2 Å². The molecule has 1 saturated heterocycles. The minimum absolute atomic E-state index is 0.0781. The van der Waals surface area contributed by atoms with Gasteiger partial charge in [0.05, 0.1) is 32.4 Å². The van der Waals surface area contributed by atoms with Gasteiger partial charge in [-0.05, 0) is 66.2 Å². The van der Waals surface area contributed by atoms with Crippen LogP contribution in [0, 0.1) is 13.8 Å². The zero-order chi connectivity index (χ0) is 23.7. The highest BCUT2D eigenvalue weighted by Crippen LogP contribution is 2.42. The maximum Gasteiger partial charge on any atom is 0.295 e. The van der Waals surface area contributed by atoms with Gasteiger partial charge in [-0.2, -0.15) is 0 Å². The topological polar surface area (TPSA) is 76.1 Å². The van der Waals surface area contributed by atoms with Crippen LogP contribution in [0.3, 0.4) is 0 Å². The van der Waals surface area contributed by atoms with E-state index in [0.717, 1.165) is 21.6 Å². The Morgan fingerprint density at radius 3 is 2.36 bits per heavy atom. The molecule has 170 valence electrons. The lowest BCUT2D eigenvalue weighted by Gasteiger charge is -2.25. The highest BCUT2D eigenvalue weighted by atomic mass is 32.1. The Kier molecular flexibility index (Phi) is 6.24. The number of ketones is 1. The largest absolute Gasteiger partial charge is 0.507 e. The van der Waals surface area contributed by atoms with Gasteiger partial charge in [0.15, 0.2) is 0 Å². The van der Waals surface area contributed by atoms with Crippen LogP contribution in [0.25, 0.3) is 5.76 Å². The van der Waals surface area contributed by atoms with Crippen molar-refractivity contribution < 1.29 is 24.2 Å². The quantitative estimate of drug-likeness (QED) is 0.316. The zero-order valence-electron chi connectivity index (χ0n) is 18.9. The Morgan fingerprint density at radius 2 is 1.76 bits per heavy atom. The lowest BCUT2D eigenvalue weighted by molar-refractivity contribution is -0.140. The molecule has 4 rings (SSSR count). The molecule has 1 N–H and O–H groups in total. The summed E-state index contributed by atoms with van der Waals surface area (Å²) in [5.74, 6) is -0.165. The highest BCUT2D eigenvalue weighted by molar-refractivity contribution is 7.09. The normalized spacial score (nSPS) is 17.5. The fourth-order valence-corrected chi connectivity index (χ4v) is 4.86. The first-order valence-electron chi connectivity index (χ1n) is 10.5. The standard InChI is InChI=1S/C26H25NO5S/c1-15-13-21(32-4)16(2)12-20(15)24(28)22-23(17-7-9-18(31-3)10-8-17)27(26(30)25(22)29)14-19-6-5-11-33-19/h5-13,23,28H,14H2,1-4H3/b24-22+. The fraction of sp³-hybridized carbons (Fsp3) is 0.231. The first-order chi connectivity index (χ1) is 15.8. The van der Waals surface area contributed by atoms with E-state index in [1.807, 2.05) is 49.6 Å². The lowest BCUT2D eigenvalue weighted by atomic mass is 9.93. The molecule has 0 saturated carbocycles. The second-order valence-corrected chi connectivity index (χ2v) is 8.95. The summed E-state index contributed by atoms with van der Waals surface area (Å²) in [5, 5.41) is 13.3. The number of carbonyl (C=O) groups excluding carboxylic acids is 2. The number of thiophene rings is 1. The molecular weight excluding hydrogens is 438 g/mol. The number of benzene rings is 2. The average molecular weight is 464 g/mol. The molecule has 2 aromatic carbocycles. The molecule has 2 heterocycles. The number of aliphatic hydroxyl groups is 1. The number of Topliss-reactive ketones (excluding diaryl/α,β-unsaturated/α-hetero) is 1. The number of hydrogen-bond acceptors (Lipinski definition) is 6. The van der Waals surface area contributed by atoms with Crippen LogP contribution >= 0.6 is 11.3 Å². The molecule has 1 unspecified atom stereocenters. The van der Waals surface area contributed by atoms with Gasteiger partial charge in [-0.3, -0.25) is 9.59 Å². The minimum Gasteiger partial charge on any atom is -0.507 e. The number of hydrogen-bond donors (Lipinski definition) is 1. The molecule has 1 aromatic heterocycles. The van der Waals surface area contributed by atoms with Gasteiger partial charge in [-0.25, -0.2) is 0 Å². The molecule has 0 aliphatic carbocycles. The molecule has 0 radical (unpaired) electrons. The van der Waals surface area contributed by atoms with Crippen LogP contribution < -0.4 is 9.47 Å². The van der Waals surface area contributed by atoms with Gasteiger partial charge >= 0.3 is 0 Å². The van der Waals surface area contributed by atoms with Crippen molar-refractivity contribution in [1.82, 2.24) is 4.90 Å². The zero-order valence-corrected chi connectivity index (χ0v) is 19.7. The number of aliphatic hydroxyl groups excluding tert-OH is 1. The lowest BCUT2D eigenvalue weighted by Crippen LogP contribution is -2.28. The van der Waals surface area contributed by atoms with Crippen LogP contribution in [0.4, 0.5) is 0 Å². The number of likely N-dealkylation sites (tertiary alicyclic amines) is 1. The molecule has 3 aromatic rings. The summed E-state index contributed by atoms with van der Waals surface area (Å²) >= 11 is 1.51. The van der Waals surface area contributed by atoms with Crippen molar-refractivity contribution in [3.8, 4) is 11.5 Å². The molecule has 6 nitrogen and oxygen atoms in total. The van der Waals surface area contributed by atoms with Gasteiger partial charge in [0.2, 0.25) is 0 Å². The number of carbonyl (C=O) groups is 2. The molecule has 1 aliphatic heterocycles. The Labute approximate surface area is 196 Å². The second kappa shape index (κ2) is 9.11. The van der Waals surface area contributed by atoms with Crippen LogP contribution in [0.1, 0.15) is 33.2 Å². The smallest absolute Gasteiger partial charge is 0.295 e. The number of aryl methyl sites for hydroxylation is 2. The van der Waals surface area contributed by atoms with Crippen LogP contribution in [0.2, 0.25) is 0 Å². The van der Waals surface area contributed by atoms with Crippen molar-refractivity contribution in [2.45, 2.75) is 26.4 Å². The molecule has 0 bridgehead atoms. The van der Waals surface area contributed by atoms with Crippen molar-refractivity contribution in [3.05, 3.63) is 86.6 Å². The molecule has 1 amide bonds. The molecule has 1 atom stereocenters. The van der Waals surface area contributed by atoms with E-state index < -0.39 is 17.7 Å². The SMILES string of the molecule is COc1ccc(C2/C(=C(\O)c3cc(C)c(OC)cc3C)C(=O)C(=O)N2Cc2cccs2)cc1. The summed E-state index contributed by atoms with van der Waals surface area (Å²) in [7, 11) is 3.16. The van der Waals surface area contributed by atoms with Gasteiger partial charge in [-0.1, -0.05) is 18.2 Å². The Bertz CT molecular complexity index is 1230. The molecule has 0 spiro atoms. The molecule has 1 fully saturated rings. The summed E-state index contributed by atoms with van der Waals surface area (Å²) in [4.78, 5) is 28.8. The third kappa shape index (κ3) is 4.12. The molecular formula is C26H25NO5S. The van der Waals surface area contributed by atoms with Crippen molar-refractivity contribution in [3.63, 3.8) is 0 Å². The van der Waals surface area contributed by atoms with Crippen LogP contribution in [-0.2, 0) is 16.1 Å². The summed E-state index contributed by atoms with van der Waals surface area (Å²) in [5.41, 5.74) is 2.86. The third-order valence-electron chi connectivity index (χ3n) is 5.87. The number of amides is 1. The van der Waals surface area contributed by atoms with E-state index in [1.54, 1.807) is 32.4 Å². The summed E-state index contributed by atoms with van der Waals surface area (Å²) in [6, 6.07) is 13.9. The number of methoxy groups -OCH3 is 2. The number of rotatable bonds is 6. The fourth-order valence-electron chi connectivity index (χ4n) is 4.16. The van der Waals surface area contributed by atoms with Gasteiger partial charge in [0.1, 0.15) is 17.3 Å². The summed E-state index contributed by atoms with van der Waals surface area (Å²) in [6.45, 7) is 3.98. The molecule has 7 heteroatoms. The van der Waals surface area contributed by atoms with Crippen molar-refractivity contribution in [1.29, 1.82) is 0 Å². The maximum absolute atomic E-state index is 13.2. The van der Waals surface area contributed by atoms with E-state index in [-0.39, 0.29) is 17.9 Å². The highest BCUT2D eigenvalue weighted by Gasteiger charge is 2.46.